The Bertz CT molecular complexity index is 1070. The van der Waals surface area contributed by atoms with Crippen molar-refractivity contribution >= 4 is 11.7 Å². The first-order chi connectivity index (χ1) is 12.7. The van der Waals surface area contributed by atoms with Crippen LogP contribution in [-0.2, 0) is 0 Å². The minimum atomic E-state index is 0.184. The van der Waals surface area contributed by atoms with Crippen molar-refractivity contribution < 1.29 is 4.42 Å². The van der Waals surface area contributed by atoms with Crippen LogP contribution in [0.25, 0.3) is 22.7 Å². The lowest BCUT2D eigenvalue weighted by Gasteiger charge is -1.98. The summed E-state index contributed by atoms with van der Waals surface area (Å²) >= 11 is 0. The Labute approximate surface area is 150 Å². The van der Waals surface area contributed by atoms with Gasteiger partial charge in [-0.2, -0.15) is 15.3 Å². The highest BCUT2D eigenvalue weighted by Gasteiger charge is 2.15. The third-order valence-corrected chi connectivity index (χ3v) is 3.94. The van der Waals surface area contributed by atoms with Crippen LogP contribution in [0.4, 0.5) is 11.7 Å². The van der Waals surface area contributed by atoms with Crippen LogP contribution in [0.5, 0.6) is 0 Å². The fourth-order valence-corrected chi connectivity index (χ4v) is 2.57. The number of nitriles is 1. The van der Waals surface area contributed by atoms with Crippen molar-refractivity contribution in [3.63, 3.8) is 0 Å². The number of aryl methyl sites for hydroxylation is 1. The predicted molar refractivity (Wildman–Crippen MR) is 98.7 cm³/mol. The van der Waals surface area contributed by atoms with Gasteiger partial charge in [-0.25, -0.2) is 0 Å². The van der Waals surface area contributed by atoms with E-state index in [-0.39, 0.29) is 11.6 Å². The van der Waals surface area contributed by atoms with Gasteiger partial charge in [0.2, 0.25) is 17.5 Å². The first kappa shape index (κ1) is 15.7. The van der Waals surface area contributed by atoms with Crippen LogP contribution in [0.3, 0.4) is 0 Å². The Morgan fingerprint density at radius 1 is 1.04 bits per heavy atom. The number of aromatic amines is 1. The highest BCUT2D eigenvalue weighted by Crippen LogP contribution is 2.28. The predicted octanol–water partition coefficient (Wildman–Crippen LogP) is 4.66. The largest absolute Gasteiger partial charge is 0.419 e. The molecule has 0 aliphatic rings. The maximum absolute atomic E-state index is 9.33. The molecule has 126 valence electrons. The van der Waals surface area contributed by atoms with Gasteiger partial charge in [0.25, 0.3) is 0 Å². The lowest BCUT2D eigenvalue weighted by molar-refractivity contribution is 0.591. The molecule has 0 saturated carbocycles. The minimum absolute atomic E-state index is 0.184. The van der Waals surface area contributed by atoms with Gasteiger partial charge in [0.1, 0.15) is 6.07 Å². The summed E-state index contributed by atoms with van der Waals surface area (Å²) in [6.07, 6.45) is 0. The van der Waals surface area contributed by atoms with E-state index in [1.165, 1.54) is 5.56 Å². The average molecular weight is 341 g/mol. The van der Waals surface area contributed by atoms with E-state index in [1.54, 1.807) is 0 Å². The maximum Gasteiger partial charge on any atom is 0.238 e. The number of rotatable bonds is 4. The zero-order valence-corrected chi connectivity index (χ0v) is 14.0. The van der Waals surface area contributed by atoms with Crippen LogP contribution in [0.2, 0.25) is 0 Å². The van der Waals surface area contributed by atoms with E-state index < -0.39 is 0 Å². The van der Waals surface area contributed by atoms with Crippen LogP contribution in [-0.4, -0.2) is 15.2 Å². The zero-order chi connectivity index (χ0) is 17.9. The quantitative estimate of drug-likeness (QED) is 0.563. The Kier molecular flexibility index (Phi) is 3.96. The number of nitrogens with zero attached hydrogens (tertiary/aromatic N) is 3. The molecule has 0 spiro atoms. The first-order valence-electron chi connectivity index (χ1n) is 8.09. The molecule has 0 unspecified atom stereocenters. The summed E-state index contributed by atoms with van der Waals surface area (Å²) in [4.78, 5) is 4.24. The molecule has 0 amide bonds. The number of nitrogens with one attached hydrogen (secondary N) is 2. The number of aromatic nitrogens is 3. The van der Waals surface area contributed by atoms with Gasteiger partial charge in [-0.05, 0) is 24.6 Å². The summed E-state index contributed by atoms with van der Waals surface area (Å²) in [6, 6.07) is 21.5. The third-order valence-electron chi connectivity index (χ3n) is 3.94. The first-order valence-corrected chi connectivity index (χ1v) is 8.09. The summed E-state index contributed by atoms with van der Waals surface area (Å²) in [5.74, 6) is 1.21. The molecule has 0 atom stereocenters. The highest BCUT2D eigenvalue weighted by molar-refractivity contribution is 5.67. The normalized spacial score (nSPS) is 10.5. The molecule has 2 aromatic heterocycles. The van der Waals surface area contributed by atoms with Crippen LogP contribution in [0, 0.1) is 18.3 Å². The van der Waals surface area contributed by atoms with Crippen LogP contribution < -0.4 is 5.32 Å². The lowest BCUT2D eigenvalue weighted by Crippen LogP contribution is -1.91. The number of benzene rings is 2. The van der Waals surface area contributed by atoms with Crippen molar-refractivity contribution in [2.75, 3.05) is 5.32 Å². The van der Waals surface area contributed by atoms with Gasteiger partial charge < -0.3 is 9.73 Å². The Morgan fingerprint density at radius 3 is 2.54 bits per heavy atom. The van der Waals surface area contributed by atoms with E-state index in [9.17, 15) is 5.26 Å². The molecule has 0 saturated heterocycles. The zero-order valence-electron chi connectivity index (χ0n) is 14.0. The number of hydrogen-bond acceptors (Lipinski definition) is 5. The SMILES string of the molecule is Cc1ccc(-c2cc(Nc3oc(-c4ccccc4)nc3C#N)n[nH]2)cc1. The second-order valence-corrected chi connectivity index (χ2v) is 5.83. The van der Waals surface area contributed by atoms with Crippen LogP contribution in [0.15, 0.2) is 65.1 Å². The van der Waals surface area contributed by atoms with Gasteiger partial charge in [-0.1, -0.05) is 48.0 Å². The van der Waals surface area contributed by atoms with Crippen molar-refractivity contribution in [2.24, 2.45) is 0 Å². The van der Waals surface area contributed by atoms with E-state index in [1.807, 2.05) is 73.7 Å². The maximum atomic E-state index is 9.33. The summed E-state index contributed by atoms with van der Waals surface area (Å²) in [5, 5.41) is 19.6. The number of H-pyrrole nitrogens is 1. The molecular formula is C20H15N5O. The van der Waals surface area contributed by atoms with E-state index >= 15 is 0 Å². The van der Waals surface area contributed by atoms with Gasteiger partial charge in [0, 0.05) is 11.6 Å². The monoisotopic (exact) mass is 341 g/mol. The molecule has 0 bridgehead atoms. The van der Waals surface area contributed by atoms with Crippen molar-refractivity contribution in [2.45, 2.75) is 6.92 Å². The van der Waals surface area contributed by atoms with Crippen molar-refractivity contribution in [1.82, 2.24) is 15.2 Å². The number of oxazole rings is 1. The minimum Gasteiger partial charge on any atom is -0.419 e. The van der Waals surface area contributed by atoms with Crippen LogP contribution in [0.1, 0.15) is 11.3 Å². The van der Waals surface area contributed by atoms with Gasteiger partial charge in [0.15, 0.2) is 5.82 Å². The summed E-state index contributed by atoms with van der Waals surface area (Å²) in [7, 11) is 0. The van der Waals surface area contributed by atoms with Crippen LogP contribution >= 0.6 is 0 Å². The molecule has 0 fully saturated rings. The van der Waals surface area contributed by atoms with Gasteiger partial charge in [-0.15, -0.1) is 0 Å². The van der Waals surface area contributed by atoms with Crippen molar-refractivity contribution in [1.29, 1.82) is 5.26 Å². The number of anilines is 2. The molecule has 6 nitrogen and oxygen atoms in total. The summed E-state index contributed by atoms with van der Waals surface area (Å²) in [5.41, 5.74) is 4.08. The van der Waals surface area contributed by atoms with Crippen molar-refractivity contribution in [3.05, 3.63) is 71.9 Å². The Morgan fingerprint density at radius 2 is 1.81 bits per heavy atom. The lowest BCUT2D eigenvalue weighted by atomic mass is 10.1. The summed E-state index contributed by atoms with van der Waals surface area (Å²) < 4.78 is 5.73. The topological polar surface area (TPSA) is 90.5 Å². The smallest absolute Gasteiger partial charge is 0.238 e. The Balaban J connectivity index is 1.61. The van der Waals surface area contributed by atoms with Crippen molar-refractivity contribution in [3.8, 4) is 28.8 Å². The fraction of sp³-hybridized carbons (Fsp3) is 0.0500. The molecule has 26 heavy (non-hydrogen) atoms. The summed E-state index contributed by atoms with van der Waals surface area (Å²) in [6.45, 7) is 2.04. The number of hydrogen-bond donors (Lipinski definition) is 2. The van der Waals surface area contributed by atoms with E-state index in [0.717, 1.165) is 16.8 Å². The standard InChI is InChI=1S/C20H15N5O/c1-13-7-9-14(10-8-13)16-11-18(25-24-16)23-20-17(12-21)22-19(26-20)15-5-3-2-4-6-15/h2-11H,1H3,(H2,23,24,25). The molecule has 2 aromatic carbocycles. The molecule has 0 radical (unpaired) electrons. The average Bonchev–Trinajstić information content (AvgIpc) is 3.30. The molecule has 4 aromatic rings. The van der Waals surface area contributed by atoms with Gasteiger partial charge >= 0.3 is 0 Å². The molecule has 0 aliphatic heterocycles. The molecule has 6 heteroatoms. The molecule has 2 N–H and O–H groups in total. The molecule has 2 heterocycles. The highest BCUT2D eigenvalue weighted by atomic mass is 16.4. The molecule has 4 rings (SSSR count). The fourth-order valence-electron chi connectivity index (χ4n) is 2.57. The van der Waals surface area contributed by atoms with Gasteiger partial charge in [-0.3, -0.25) is 5.10 Å². The van der Waals surface area contributed by atoms with Gasteiger partial charge in [0.05, 0.1) is 5.69 Å². The second kappa shape index (κ2) is 6.57. The second-order valence-electron chi connectivity index (χ2n) is 5.83. The van der Waals surface area contributed by atoms with E-state index in [4.69, 9.17) is 4.42 Å². The third kappa shape index (κ3) is 3.06. The Hall–Kier alpha value is -3.85. The molecule has 0 aliphatic carbocycles. The molecular weight excluding hydrogens is 326 g/mol. The van der Waals surface area contributed by atoms with E-state index in [2.05, 4.69) is 20.5 Å². The van der Waals surface area contributed by atoms with E-state index in [0.29, 0.717) is 11.7 Å².